The largest absolute Gasteiger partial charge is 0.342 e. The van der Waals surface area contributed by atoms with E-state index in [0.717, 1.165) is 0 Å². The molecular weight excluding hydrogens is 275 g/mol. The second-order valence-corrected chi connectivity index (χ2v) is 4.53. The number of aromatic amines is 1. The van der Waals surface area contributed by atoms with E-state index in [1.165, 1.54) is 12.4 Å². The second-order valence-electron chi connectivity index (χ2n) is 3.69. The summed E-state index contributed by atoms with van der Waals surface area (Å²) in [7, 11) is 0. The molecular formula is C11H10Cl2N4O. The monoisotopic (exact) mass is 284 g/mol. The van der Waals surface area contributed by atoms with Gasteiger partial charge in [-0.1, -0.05) is 23.2 Å². The van der Waals surface area contributed by atoms with Crippen molar-refractivity contribution in [3.63, 3.8) is 0 Å². The molecule has 1 aromatic heterocycles. The van der Waals surface area contributed by atoms with E-state index >= 15 is 0 Å². The van der Waals surface area contributed by atoms with Crippen molar-refractivity contribution < 1.29 is 4.79 Å². The zero-order valence-corrected chi connectivity index (χ0v) is 11.0. The Labute approximate surface area is 114 Å². The summed E-state index contributed by atoms with van der Waals surface area (Å²) in [6, 6.07) is 4.43. The van der Waals surface area contributed by atoms with Crippen LogP contribution in [0.1, 0.15) is 29.1 Å². The fraction of sp³-hybridized carbons (Fsp3) is 0.182. The topological polar surface area (TPSA) is 70.7 Å². The Morgan fingerprint density at radius 2 is 2.22 bits per heavy atom. The van der Waals surface area contributed by atoms with Crippen molar-refractivity contribution in [1.82, 2.24) is 20.5 Å². The van der Waals surface area contributed by atoms with E-state index in [0.29, 0.717) is 21.4 Å². The van der Waals surface area contributed by atoms with Crippen molar-refractivity contribution >= 4 is 29.1 Å². The van der Waals surface area contributed by atoms with Crippen molar-refractivity contribution in [1.29, 1.82) is 0 Å². The van der Waals surface area contributed by atoms with E-state index in [1.54, 1.807) is 19.1 Å². The molecule has 94 valence electrons. The van der Waals surface area contributed by atoms with E-state index in [1.807, 2.05) is 0 Å². The zero-order chi connectivity index (χ0) is 13.1. The van der Waals surface area contributed by atoms with Gasteiger partial charge in [0, 0.05) is 5.02 Å². The Kier molecular flexibility index (Phi) is 3.84. The van der Waals surface area contributed by atoms with Crippen molar-refractivity contribution in [2.45, 2.75) is 13.0 Å². The molecule has 1 aromatic carbocycles. The van der Waals surface area contributed by atoms with Crippen LogP contribution in [0.3, 0.4) is 0 Å². The van der Waals surface area contributed by atoms with E-state index in [4.69, 9.17) is 23.2 Å². The van der Waals surface area contributed by atoms with Gasteiger partial charge in [-0.25, -0.2) is 4.98 Å². The lowest BCUT2D eigenvalue weighted by Gasteiger charge is -2.12. The molecule has 5 nitrogen and oxygen atoms in total. The minimum absolute atomic E-state index is 0.296. The van der Waals surface area contributed by atoms with Crippen molar-refractivity contribution in [2.24, 2.45) is 0 Å². The van der Waals surface area contributed by atoms with E-state index in [-0.39, 0.29) is 11.9 Å². The molecule has 7 heteroatoms. The van der Waals surface area contributed by atoms with Crippen molar-refractivity contribution in [3.8, 4) is 0 Å². The van der Waals surface area contributed by atoms with Crippen LogP contribution >= 0.6 is 23.2 Å². The lowest BCUT2D eigenvalue weighted by molar-refractivity contribution is 0.0938. The van der Waals surface area contributed by atoms with Crippen LogP contribution in [0.4, 0.5) is 0 Å². The molecule has 0 aliphatic carbocycles. The number of carbonyl (C=O) groups is 1. The van der Waals surface area contributed by atoms with Crippen LogP contribution in [0.5, 0.6) is 0 Å². The van der Waals surface area contributed by atoms with E-state index < -0.39 is 0 Å². The molecule has 0 spiro atoms. The summed E-state index contributed by atoms with van der Waals surface area (Å²) in [5.41, 5.74) is 0.329. The maximum absolute atomic E-state index is 12.0. The predicted molar refractivity (Wildman–Crippen MR) is 68.7 cm³/mol. The molecule has 1 unspecified atom stereocenters. The SMILES string of the molecule is CC(NC(=O)c1cc(Cl)ccc1Cl)c1ncn[nH]1. The van der Waals surface area contributed by atoms with Crippen LogP contribution in [0.15, 0.2) is 24.5 Å². The molecule has 2 aromatic rings. The van der Waals surface area contributed by atoms with Gasteiger partial charge in [0.1, 0.15) is 12.2 Å². The molecule has 0 radical (unpaired) electrons. The normalized spacial score (nSPS) is 12.2. The summed E-state index contributed by atoms with van der Waals surface area (Å²) < 4.78 is 0. The van der Waals surface area contributed by atoms with Gasteiger partial charge in [-0.3, -0.25) is 9.89 Å². The number of hydrogen-bond acceptors (Lipinski definition) is 3. The highest BCUT2D eigenvalue weighted by Gasteiger charge is 2.16. The summed E-state index contributed by atoms with van der Waals surface area (Å²) in [5.74, 6) is 0.257. The fourth-order valence-electron chi connectivity index (χ4n) is 1.44. The number of benzene rings is 1. The highest BCUT2D eigenvalue weighted by molar-refractivity contribution is 6.35. The minimum Gasteiger partial charge on any atom is -0.342 e. The van der Waals surface area contributed by atoms with Gasteiger partial charge in [0.15, 0.2) is 0 Å². The van der Waals surface area contributed by atoms with Gasteiger partial charge in [0.25, 0.3) is 5.91 Å². The lowest BCUT2D eigenvalue weighted by atomic mass is 10.2. The first kappa shape index (κ1) is 12.9. The number of carbonyl (C=O) groups excluding carboxylic acids is 1. The number of halogens is 2. The average molecular weight is 285 g/mol. The predicted octanol–water partition coefficient (Wildman–Crippen LogP) is 2.60. The molecule has 18 heavy (non-hydrogen) atoms. The van der Waals surface area contributed by atoms with Crippen molar-refractivity contribution in [3.05, 3.63) is 46.0 Å². The van der Waals surface area contributed by atoms with Crippen LogP contribution in [0, 0.1) is 0 Å². The Bertz CT molecular complexity index is 556. The average Bonchev–Trinajstić information content (AvgIpc) is 2.85. The molecule has 1 amide bonds. The Morgan fingerprint density at radius 1 is 1.44 bits per heavy atom. The lowest BCUT2D eigenvalue weighted by Crippen LogP contribution is -2.27. The maximum Gasteiger partial charge on any atom is 0.253 e. The van der Waals surface area contributed by atoms with Crippen molar-refractivity contribution in [2.75, 3.05) is 0 Å². The van der Waals surface area contributed by atoms with Gasteiger partial charge < -0.3 is 5.32 Å². The van der Waals surface area contributed by atoms with Gasteiger partial charge in [-0.15, -0.1) is 0 Å². The van der Waals surface area contributed by atoms with E-state index in [9.17, 15) is 4.79 Å². The zero-order valence-electron chi connectivity index (χ0n) is 9.45. The molecule has 0 bridgehead atoms. The molecule has 0 aliphatic heterocycles. The first-order chi connectivity index (χ1) is 8.58. The number of nitrogens with one attached hydrogen (secondary N) is 2. The highest BCUT2D eigenvalue weighted by atomic mass is 35.5. The minimum atomic E-state index is -0.314. The number of nitrogens with zero attached hydrogens (tertiary/aromatic N) is 2. The van der Waals surface area contributed by atoms with Gasteiger partial charge >= 0.3 is 0 Å². The highest BCUT2D eigenvalue weighted by Crippen LogP contribution is 2.21. The van der Waals surface area contributed by atoms with Gasteiger partial charge in [0.2, 0.25) is 0 Å². The molecule has 1 heterocycles. The Hall–Kier alpha value is -1.59. The molecule has 1 atom stereocenters. The number of H-pyrrole nitrogens is 1. The standard InChI is InChI=1S/C11H10Cl2N4O/c1-6(10-14-5-15-17-10)16-11(18)8-4-7(12)2-3-9(8)13/h2-6H,1H3,(H,16,18)(H,14,15,17). The third kappa shape index (κ3) is 2.80. The van der Waals surface area contributed by atoms with Gasteiger partial charge in [-0.05, 0) is 25.1 Å². The molecule has 0 aliphatic rings. The Balaban J connectivity index is 2.15. The summed E-state index contributed by atoms with van der Waals surface area (Å²) >= 11 is 11.8. The summed E-state index contributed by atoms with van der Waals surface area (Å²) in [6.07, 6.45) is 1.38. The fourth-order valence-corrected chi connectivity index (χ4v) is 1.81. The number of hydrogen-bond donors (Lipinski definition) is 2. The van der Waals surface area contributed by atoms with Crippen LogP contribution in [-0.2, 0) is 0 Å². The smallest absolute Gasteiger partial charge is 0.253 e. The van der Waals surface area contributed by atoms with Crippen LogP contribution in [-0.4, -0.2) is 21.1 Å². The number of amides is 1. The third-order valence-electron chi connectivity index (χ3n) is 2.36. The molecule has 2 N–H and O–H groups in total. The molecule has 0 fully saturated rings. The second kappa shape index (κ2) is 5.37. The Morgan fingerprint density at radius 3 is 2.89 bits per heavy atom. The maximum atomic E-state index is 12.0. The summed E-state index contributed by atoms with van der Waals surface area (Å²) in [6.45, 7) is 1.79. The first-order valence-corrected chi connectivity index (χ1v) is 5.94. The summed E-state index contributed by atoms with van der Waals surface area (Å²) in [4.78, 5) is 16.0. The molecule has 0 saturated carbocycles. The third-order valence-corrected chi connectivity index (χ3v) is 2.93. The summed E-state index contributed by atoms with van der Waals surface area (Å²) in [5, 5.41) is 9.96. The number of aromatic nitrogens is 3. The number of rotatable bonds is 3. The van der Waals surface area contributed by atoms with E-state index in [2.05, 4.69) is 20.5 Å². The van der Waals surface area contributed by atoms with Crippen LogP contribution in [0.2, 0.25) is 10.0 Å². The molecule has 0 saturated heterocycles. The molecule has 2 rings (SSSR count). The quantitative estimate of drug-likeness (QED) is 0.910. The van der Waals surface area contributed by atoms with Crippen LogP contribution < -0.4 is 5.32 Å². The van der Waals surface area contributed by atoms with Crippen LogP contribution in [0.25, 0.3) is 0 Å². The van der Waals surface area contributed by atoms with Gasteiger partial charge in [-0.2, -0.15) is 5.10 Å². The van der Waals surface area contributed by atoms with Gasteiger partial charge in [0.05, 0.1) is 16.6 Å². The first-order valence-electron chi connectivity index (χ1n) is 5.19.